The summed E-state index contributed by atoms with van der Waals surface area (Å²) in [6.07, 6.45) is 4.15. The minimum Gasteiger partial charge on any atom is -0.388 e. The summed E-state index contributed by atoms with van der Waals surface area (Å²) >= 11 is 0. The van der Waals surface area contributed by atoms with Gasteiger partial charge in [-0.25, -0.2) is 0 Å². The number of rotatable bonds is 2. The van der Waals surface area contributed by atoms with Gasteiger partial charge < -0.3 is 5.11 Å². The predicted molar refractivity (Wildman–Crippen MR) is 75.8 cm³/mol. The van der Waals surface area contributed by atoms with Gasteiger partial charge in [0.25, 0.3) is 0 Å². The summed E-state index contributed by atoms with van der Waals surface area (Å²) in [5.74, 6) is 0.185. The number of fused-ring (bicyclic) bond motifs is 1. The summed E-state index contributed by atoms with van der Waals surface area (Å²) in [6, 6.07) is 14.1. The summed E-state index contributed by atoms with van der Waals surface area (Å²) in [7, 11) is 0. The second-order valence-electron chi connectivity index (χ2n) is 5.04. The molecule has 0 bridgehead atoms. The number of carbonyl (C=O) groups excluding carboxylic acids is 1. The Bertz CT molecular complexity index is 637. The lowest BCUT2D eigenvalue weighted by Gasteiger charge is -2.23. The highest BCUT2D eigenvalue weighted by Gasteiger charge is 2.23. The number of ketones is 1. The number of hydrogen-bond donors (Lipinski definition) is 1. The Morgan fingerprint density at radius 2 is 1.89 bits per heavy atom. The number of hydrogen-bond acceptors (Lipinski definition) is 2. The first-order chi connectivity index (χ1) is 9.25. The van der Waals surface area contributed by atoms with Gasteiger partial charge in [0, 0.05) is 12.3 Å². The van der Waals surface area contributed by atoms with Gasteiger partial charge in [0.15, 0.2) is 5.78 Å². The Morgan fingerprint density at radius 3 is 2.68 bits per heavy atom. The van der Waals surface area contributed by atoms with Crippen molar-refractivity contribution in [3.05, 3.63) is 60.2 Å². The molecular formula is C17H16O2. The topological polar surface area (TPSA) is 37.3 Å². The molecule has 96 valence electrons. The van der Waals surface area contributed by atoms with Crippen LogP contribution in [0.1, 0.15) is 24.5 Å². The molecule has 0 saturated heterocycles. The molecule has 1 aliphatic rings. The first kappa shape index (κ1) is 12.1. The average molecular weight is 252 g/mol. The smallest absolute Gasteiger partial charge is 0.155 e. The van der Waals surface area contributed by atoms with Crippen LogP contribution in [-0.2, 0) is 4.79 Å². The fraction of sp³-hybridized carbons (Fsp3) is 0.235. The third-order valence-corrected chi connectivity index (χ3v) is 3.80. The molecule has 0 unspecified atom stereocenters. The lowest BCUT2D eigenvalue weighted by molar-refractivity contribution is -0.115. The van der Waals surface area contributed by atoms with Crippen LogP contribution in [0.3, 0.4) is 0 Å². The van der Waals surface area contributed by atoms with E-state index in [0.717, 1.165) is 22.8 Å². The van der Waals surface area contributed by atoms with E-state index in [1.54, 1.807) is 6.08 Å². The third kappa shape index (κ3) is 2.32. The summed E-state index contributed by atoms with van der Waals surface area (Å²) < 4.78 is 0. The van der Waals surface area contributed by atoms with Gasteiger partial charge >= 0.3 is 0 Å². The van der Waals surface area contributed by atoms with Gasteiger partial charge in [-0.3, -0.25) is 4.79 Å². The first-order valence-electron chi connectivity index (χ1n) is 6.62. The van der Waals surface area contributed by atoms with Crippen molar-refractivity contribution in [3.63, 3.8) is 0 Å². The Labute approximate surface area is 112 Å². The molecule has 0 spiro atoms. The second kappa shape index (κ2) is 4.98. The molecule has 2 aromatic carbocycles. The van der Waals surface area contributed by atoms with Crippen LogP contribution >= 0.6 is 0 Å². The van der Waals surface area contributed by atoms with Crippen molar-refractivity contribution in [2.45, 2.75) is 18.9 Å². The van der Waals surface area contributed by atoms with E-state index in [4.69, 9.17) is 0 Å². The van der Waals surface area contributed by atoms with E-state index in [1.165, 1.54) is 0 Å². The van der Waals surface area contributed by atoms with Crippen LogP contribution in [0, 0.1) is 5.92 Å². The summed E-state index contributed by atoms with van der Waals surface area (Å²) in [5, 5.41) is 12.8. The standard InChI is InChI=1S/C17H16O2/c18-14-10-8-13(9-11-14)17(19)16-7-3-5-12-4-1-2-6-15(12)16/h1-8,10,13,17,19H,9,11H2/t13-,17+/m0/s1. The van der Waals surface area contributed by atoms with Crippen LogP contribution in [0.2, 0.25) is 0 Å². The van der Waals surface area contributed by atoms with Crippen LogP contribution in [-0.4, -0.2) is 10.9 Å². The van der Waals surface area contributed by atoms with Crippen molar-refractivity contribution in [3.8, 4) is 0 Å². The van der Waals surface area contributed by atoms with E-state index in [0.29, 0.717) is 6.42 Å². The third-order valence-electron chi connectivity index (χ3n) is 3.80. The Morgan fingerprint density at radius 1 is 1.11 bits per heavy atom. The highest BCUT2D eigenvalue weighted by molar-refractivity contribution is 5.90. The van der Waals surface area contributed by atoms with Crippen molar-refractivity contribution < 1.29 is 9.90 Å². The Hall–Kier alpha value is -1.93. The minimum atomic E-state index is -0.546. The zero-order valence-electron chi connectivity index (χ0n) is 10.6. The molecule has 0 radical (unpaired) electrons. The maximum absolute atomic E-state index is 11.2. The lowest BCUT2D eigenvalue weighted by atomic mass is 9.85. The Balaban J connectivity index is 2.00. The zero-order valence-corrected chi connectivity index (χ0v) is 10.6. The first-order valence-corrected chi connectivity index (χ1v) is 6.62. The molecule has 1 N–H and O–H groups in total. The quantitative estimate of drug-likeness (QED) is 0.889. The molecular weight excluding hydrogens is 236 g/mol. The second-order valence-corrected chi connectivity index (χ2v) is 5.04. The number of benzene rings is 2. The monoisotopic (exact) mass is 252 g/mol. The lowest BCUT2D eigenvalue weighted by Crippen LogP contribution is -2.16. The van der Waals surface area contributed by atoms with Crippen LogP contribution in [0.25, 0.3) is 10.8 Å². The molecule has 19 heavy (non-hydrogen) atoms. The molecule has 2 heteroatoms. The van der Waals surface area contributed by atoms with E-state index < -0.39 is 6.10 Å². The van der Waals surface area contributed by atoms with E-state index >= 15 is 0 Å². The van der Waals surface area contributed by atoms with Crippen molar-refractivity contribution in [1.29, 1.82) is 0 Å². The maximum atomic E-state index is 11.2. The number of aliphatic hydroxyl groups is 1. The summed E-state index contributed by atoms with van der Waals surface area (Å²) in [6.45, 7) is 0. The molecule has 2 atom stereocenters. The van der Waals surface area contributed by atoms with Crippen molar-refractivity contribution in [1.82, 2.24) is 0 Å². The van der Waals surface area contributed by atoms with Crippen LogP contribution in [0.15, 0.2) is 54.6 Å². The van der Waals surface area contributed by atoms with Crippen LogP contribution in [0.4, 0.5) is 0 Å². The molecule has 0 amide bonds. The van der Waals surface area contributed by atoms with E-state index in [-0.39, 0.29) is 11.7 Å². The molecule has 0 fully saturated rings. The van der Waals surface area contributed by atoms with Gasteiger partial charge in [0.1, 0.15) is 0 Å². The Kier molecular flexibility index (Phi) is 3.18. The van der Waals surface area contributed by atoms with Gasteiger partial charge in [0.05, 0.1) is 6.10 Å². The predicted octanol–water partition coefficient (Wildman–Crippen LogP) is 3.41. The molecule has 2 nitrogen and oxygen atoms in total. The van der Waals surface area contributed by atoms with Gasteiger partial charge in [-0.15, -0.1) is 0 Å². The average Bonchev–Trinajstić information content (AvgIpc) is 2.47. The molecule has 3 rings (SSSR count). The van der Waals surface area contributed by atoms with Crippen LogP contribution < -0.4 is 0 Å². The van der Waals surface area contributed by atoms with Gasteiger partial charge in [-0.05, 0) is 28.8 Å². The van der Waals surface area contributed by atoms with E-state index in [1.807, 2.05) is 48.5 Å². The largest absolute Gasteiger partial charge is 0.388 e. The molecule has 1 aliphatic carbocycles. The number of allylic oxidation sites excluding steroid dienone is 1. The minimum absolute atomic E-state index is 0.0310. The highest BCUT2D eigenvalue weighted by atomic mass is 16.3. The highest BCUT2D eigenvalue weighted by Crippen LogP contribution is 2.33. The van der Waals surface area contributed by atoms with Gasteiger partial charge in [0.2, 0.25) is 0 Å². The van der Waals surface area contributed by atoms with Crippen molar-refractivity contribution >= 4 is 16.6 Å². The fourth-order valence-electron chi connectivity index (χ4n) is 2.72. The maximum Gasteiger partial charge on any atom is 0.155 e. The molecule has 0 aromatic heterocycles. The summed E-state index contributed by atoms with van der Waals surface area (Å²) in [4.78, 5) is 11.2. The van der Waals surface area contributed by atoms with E-state index in [9.17, 15) is 9.90 Å². The number of carbonyl (C=O) groups is 1. The van der Waals surface area contributed by atoms with Crippen molar-refractivity contribution in [2.75, 3.05) is 0 Å². The molecule has 2 aromatic rings. The fourth-order valence-corrected chi connectivity index (χ4v) is 2.72. The number of aliphatic hydroxyl groups excluding tert-OH is 1. The van der Waals surface area contributed by atoms with Gasteiger partial charge in [-0.2, -0.15) is 0 Å². The van der Waals surface area contributed by atoms with Crippen molar-refractivity contribution in [2.24, 2.45) is 5.92 Å². The molecule has 0 heterocycles. The molecule has 0 aliphatic heterocycles. The normalized spacial score (nSPS) is 20.7. The van der Waals surface area contributed by atoms with E-state index in [2.05, 4.69) is 0 Å². The SMILES string of the molecule is O=C1C=C[C@H]([C@@H](O)c2cccc3ccccc23)CC1. The summed E-state index contributed by atoms with van der Waals surface area (Å²) in [5.41, 5.74) is 0.946. The molecule has 0 saturated carbocycles. The van der Waals surface area contributed by atoms with Crippen LogP contribution in [0.5, 0.6) is 0 Å². The zero-order chi connectivity index (χ0) is 13.2. The van der Waals surface area contributed by atoms with Gasteiger partial charge in [-0.1, -0.05) is 48.5 Å².